The highest BCUT2D eigenvalue weighted by Crippen LogP contribution is 2.30. The lowest BCUT2D eigenvalue weighted by Gasteiger charge is -2.26. The van der Waals surface area contributed by atoms with Gasteiger partial charge >= 0.3 is 5.97 Å². The minimum atomic E-state index is -0.155. The first-order chi connectivity index (χ1) is 9.22. The van der Waals surface area contributed by atoms with E-state index in [0.717, 1.165) is 6.54 Å². The molecule has 0 saturated carbocycles. The molecule has 3 nitrogen and oxygen atoms in total. The van der Waals surface area contributed by atoms with E-state index in [-0.39, 0.29) is 9.89 Å². The number of aryl methyl sites for hydroxylation is 1. The molecule has 1 aliphatic rings. The van der Waals surface area contributed by atoms with Crippen LogP contribution in [0, 0.1) is 0 Å². The SMILES string of the molecule is COC(=O)C(I)CNCC1CCCc2ccccc21. The van der Waals surface area contributed by atoms with Crippen LogP contribution in [-0.2, 0) is 16.0 Å². The molecule has 2 atom stereocenters. The highest BCUT2D eigenvalue weighted by molar-refractivity contribution is 14.1. The van der Waals surface area contributed by atoms with Crippen LogP contribution in [0.4, 0.5) is 0 Å². The Morgan fingerprint density at radius 1 is 1.53 bits per heavy atom. The number of hydrogen-bond donors (Lipinski definition) is 1. The van der Waals surface area contributed by atoms with Crippen LogP contribution < -0.4 is 5.32 Å². The molecule has 1 aliphatic carbocycles. The van der Waals surface area contributed by atoms with Crippen LogP contribution in [0.5, 0.6) is 0 Å². The van der Waals surface area contributed by atoms with Gasteiger partial charge in [-0.3, -0.25) is 4.79 Å². The highest BCUT2D eigenvalue weighted by Gasteiger charge is 2.20. The lowest BCUT2D eigenvalue weighted by Crippen LogP contribution is -2.33. The van der Waals surface area contributed by atoms with Crippen molar-refractivity contribution in [2.24, 2.45) is 0 Å². The molecule has 0 aliphatic heterocycles. The number of carbonyl (C=O) groups excluding carboxylic acids is 1. The lowest BCUT2D eigenvalue weighted by molar-refractivity contribution is -0.139. The van der Waals surface area contributed by atoms with Gasteiger partial charge in [0, 0.05) is 13.1 Å². The second-order valence-corrected chi connectivity index (χ2v) is 6.44. The summed E-state index contributed by atoms with van der Waals surface area (Å²) in [7, 11) is 1.44. The molecule has 0 aromatic heterocycles. The fraction of sp³-hybridized carbons (Fsp3) is 0.533. The molecule has 0 heterocycles. The number of nitrogens with one attached hydrogen (secondary N) is 1. The topological polar surface area (TPSA) is 38.3 Å². The first kappa shape index (κ1) is 14.8. The quantitative estimate of drug-likeness (QED) is 0.490. The smallest absolute Gasteiger partial charge is 0.319 e. The number of esters is 1. The predicted octanol–water partition coefficient (Wildman–Crippen LogP) is 2.67. The summed E-state index contributed by atoms with van der Waals surface area (Å²) in [6.07, 6.45) is 3.69. The minimum Gasteiger partial charge on any atom is -0.468 e. The van der Waals surface area contributed by atoms with Gasteiger partial charge in [-0.05, 0) is 36.3 Å². The number of halogens is 1. The maximum atomic E-state index is 11.3. The average Bonchev–Trinajstić information content (AvgIpc) is 2.46. The van der Waals surface area contributed by atoms with Gasteiger partial charge in [0.2, 0.25) is 0 Å². The van der Waals surface area contributed by atoms with Crippen molar-refractivity contribution >= 4 is 28.6 Å². The molecule has 2 rings (SSSR count). The van der Waals surface area contributed by atoms with Crippen molar-refractivity contribution in [3.8, 4) is 0 Å². The van der Waals surface area contributed by atoms with E-state index in [2.05, 4.69) is 52.2 Å². The zero-order valence-electron chi connectivity index (χ0n) is 11.2. The maximum Gasteiger partial charge on any atom is 0.319 e. The van der Waals surface area contributed by atoms with Crippen molar-refractivity contribution < 1.29 is 9.53 Å². The van der Waals surface area contributed by atoms with Gasteiger partial charge < -0.3 is 10.1 Å². The van der Waals surface area contributed by atoms with Crippen molar-refractivity contribution in [3.05, 3.63) is 35.4 Å². The Hall–Kier alpha value is -0.620. The summed E-state index contributed by atoms with van der Waals surface area (Å²) in [5.41, 5.74) is 2.96. The van der Waals surface area contributed by atoms with Gasteiger partial charge in [-0.25, -0.2) is 0 Å². The van der Waals surface area contributed by atoms with E-state index in [9.17, 15) is 4.79 Å². The second kappa shape index (κ2) is 7.24. The fourth-order valence-electron chi connectivity index (χ4n) is 2.66. The van der Waals surface area contributed by atoms with E-state index in [1.54, 1.807) is 0 Å². The van der Waals surface area contributed by atoms with Crippen LogP contribution in [0.25, 0.3) is 0 Å². The molecule has 0 fully saturated rings. The van der Waals surface area contributed by atoms with Crippen LogP contribution in [0.15, 0.2) is 24.3 Å². The number of carbonyl (C=O) groups is 1. The van der Waals surface area contributed by atoms with E-state index >= 15 is 0 Å². The number of benzene rings is 1. The van der Waals surface area contributed by atoms with Gasteiger partial charge in [0.05, 0.1) is 7.11 Å². The third-order valence-corrected chi connectivity index (χ3v) is 4.61. The number of fused-ring (bicyclic) bond motifs is 1. The number of ether oxygens (including phenoxy) is 1. The average molecular weight is 373 g/mol. The number of alkyl halides is 1. The summed E-state index contributed by atoms with van der Waals surface area (Å²) >= 11 is 2.12. The minimum absolute atomic E-state index is 0.110. The van der Waals surface area contributed by atoms with Crippen molar-refractivity contribution in [2.75, 3.05) is 20.2 Å². The summed E-state index contributed by atoms with van der Waals surface area (Å²) in [5, 5.41) is 3.40. The van der Waals surface area contributed by atoms with E-state index in [1.165, 1.54) is 37.5 Å². The predicted molar refractivity (Wildman–Crippen MR) is 84.8 cm³/mol. The van der Waals surface area contributed by atoms with Crippen LogP contribution in [0.2, 0.25) is 0 Å². The normalized spacial score (nSPS) is 19.6. The molecule has 2 unspecified atom stereocenters. The van der Waals surface area contributed by atoms with E-state index in [1.807, 2.05) is 0 Å². The van der Waals surface area contributed by atoms with Crippen molar-refractivity contribution in [3.63, 3.8) is 0 Å². The molecule has 0 amide bonds. The Kier molecular flexibility index (Phi) is 5.63. The van der Waals surface area contributed by atoms with Crippen molar-refractivity contribution in [1.29, 1.82) is 0 Å². The maximum absolute atomic E-state index is 11.3. The zero-order valence-corrected chi connectivity index (χ0v) is 13.4. The Morgan fingerprint density at radius 3 is 3.11 bits per heavy atom. The van der Waals surface area contributed by atoms with Gasteiger partial charge in [0.15, 0.2) is 0 Å². The molecule has 0 bridgehead atoms. The van der Waals surface area contributed by atoms with Crippen LogP contribution in [0.1, 0.15) is 29.9 Å². The molecular formula is C15H20INO2. The summed E-state index contributed by atoms with van der Waals surface area (Å²) in [4.78, 5) is 11.3. The summed E-state index contributed by atoms with van der Waals surface area (Å²) in [6, 6.07) is 8.71. The molecule has 1 aromatic rings. The van der Waals surface area contributed by atoms with E-state index in [4.69, 9.17) is 4.74 Å². The van der Waals surface area contributed by atoms with Crippen molar-refractivity contribution in [1.82, 2.24) is 5.32 Å². The first-order valence-electron chi connectivity index (χ1n) is 6.72. The summed E-state index contributed by atoms with van der Waals surface area (Å²) in [6.45, 7) is 1.61. The number of rotatable bonds is 5. The lowest BCUT2D eigenvalue weighted by atomic mass is 9.83. The van der Waals surface area contributed by atoms with Gasteiger partial charge in [-0.2, -0.15) is 0 Å². The third kappa shape index (κ3) is 3.92. The Morgan fingerprint density at radius 2 is 2.32 bits per heavy atom. The Balaban J connectivity index is 1.86. The monoisotopic (exact) mass is 373 g/mol. The second-order valence-electron chi connectivity index (χ2n) is 4.94. The highest BCUT2D eigenvalue weighted by atomic mass is 127. The fourth-order valence-corrected chi connectivity index (χ4v) is 3.23. The largest absolute Gasteiger partial charge is 0.468 e. The number of methoxy groups -OCH3 is 1. The van der Waals surface area contributed by atoms with Gasteiger partial charge in [0.1, 0.15) is 3.92 Å². The molecule has 1 aromatic carbocycles. The summed E-state index contributed by atoms with van der Waals surface area (Å²) < 4.78 is 4.61. The molecule has 104 valence electrons. The van der Waals surface area contributed by atoms with E-state index in [0.29, 0.717) is 12.5 Å². The van der Waals surface area contributed by atoms with Gasteiger partial charge in [-0.1, -0.05) is 46.9 Å². The van der Waals surface area contributed by atoms with Crippen molar-refractivity contribution in [2.45, 2.75) is 29.1 Å². The number of hydrogen-bond acceptors (Lipinski definition) is 3. The molecule has 19 heavy (non-hydrogen) atoms. The van der Waals surface area contributed by atoms with Crippen LogP contribution in [0.3, 0.4) is 0 Å². The Bertz CT molecular complexity index is 436. The third-order valence-electron chi connectivity index (χ3n) is 3.66. The Labute approximate surface area is 128 Å². The zero-order chi connectivity index (χ0) is 13.7. The molecule has 4 heteroatoms. The van der Waals surface area contributed by atoms with Gasteiger partial charge in [0.25, 0.3) is 0 Å². The van der Waals surface area contributed by atoms with Gasteiger partial charge in [-0.15, -0.1) is 0 Å². The van der Waals surface area contributed by atoms with Crippen LogP contribution in [-0.4, -0.2) is 30.1 Å². The molecule has 0 radical (unpaired) electrons. The van der Waals surface area contributed by atoms with E-state index < -0.39 is 0 Å². The first-order valence-corrected chi connectivity index (χ1v) is 7.97. The van der Waals surface area contributed by atoms with Crippen LogP contribution >= 0.6 is 22.6 Å². The summed E-state index contributed by atoms with van der Waals surface area (Å²) in [5.74, 6) is 0.420. The molecule has 1 N–H and O–H groups in total. The molecule has 0 saturated heterocycles. The molecule has 0 spiro atoms. The molecular weight excluding hydrogens is 353 g/mol. The standard InChI is InChI=1S/C15H20INO2/c1-19-15(18)14(16)10-17-9-12-7-4-6-11-5-2-3-8-13(11)12/h2-3,5,8,12,14,17H,4,6-7,9-10H2,1H3.